The summed E-state index contributed by atoms with van der Waals surface area (Å²) in [5.74, 6) is 0.00597. The number of benzene rings is 2. The van der Waals surface area contributed by atoms with Gasteiger partial charge in [-0.1, -0.05) is 11.6 Å². The van der Waals surface area contributed by atoms with Gasteiger partial charge in [0, 0.05) is 30.4 Å². The van der Waals surface area contributed by atoms with Crippen LogP contribution in [0.1, 0.15) is 16.8 Å². The van der Waals surface area contributed by atoms with E-state index >= 15 is 0 Å². The van der Waals surface area contributed by atoms with Gasteiger partial charge in [-0.2, -0.15) is 0 Å². The highest BCUT2D eigenvalue weighted by Gasteiger charge is 2.20. The molecule has 0 fully saturated rings. The lowest BCUT2D eigenvalue weighted by Gasteiger charge is -2.17. The Kier molecular flexibility index (Phi) is 8.20. The fourth-order valence-electron chi connectivity index (χ4n) is 2.55. The van der Waals surface area contributed by atoms with Crippen molar-refractivity contribution in [3.05, 3.63) is 57.1 Å². The van der Waals surface area contributed by atoms with Crippen LogP contribution < -0.4 is 14.8 Å². The molecule has 2 aromatic carbocycles. The third-order valence-electron chi connectivity index (χ3n) is 3.94. The SMILES string of the molecule is COC[C@H](CCO)NC(=O)c1ccc(Oc2ccc(Cl)cc2[N+](=O)[O-])c(OC)c1. The number of carbonyl (C=O) groups is 1. The molecule has 0 heterocycles. The summed E-state index contributed by atoms with van der Waals surface area (Å²) in [6.45, 7) is 0.162. The van der Waals surface area contributed by atoms with E-state index < -0.39 is 4.92 Å². The maximum absolute atomic E-state index is 12.5. The van der Waals surface area contributed by atoms with E-state index in [-0.39, 0.29) is 53.1 Å². The molecule has 2 aromatic rings. The quantitative estimate of drug-likeness (QED) is 0.444. The number of halogens is 1. The Labute approximate surface area is 172 Å². The molecule has 156 valence electrons. The number of nitro benzene ring substituents is 1. The van der Waals surface area contributed by atoms with Gasteiger partial charge in [0.1, 0.15) is 0 Å². The Morgan fingerprint density at radius 1 is 1.21 bits per heavy atom. The van der Waals surface area contributed by atoms with E-state index in [9.17, 15) is 14.9 Å². The van der Waals surface area contributed by atoms with Gasteiger partial charge < -0.3 is 24.6 Å². The zero-order chi connectivity index (χ0) is 21.4. The first-order valence-corrected chi connectivity index (χ1v) is 8.97. The molecular weight excluding hydrogens is 404 g/mol. The van der Waals surface area contributed by atoms with Crippen molar-refractivity contribution in [3.63, 3.8) is 0 Å². The molecule has 0 aliphatic carbocycles. The number of hydrogen-bond donors (Lipinski definition) is 2. The summed E-state index contributed by atoms with van der Waals surface area (Å²) in [7, 11) is 2.89. The van der Waals surface area contributed by atoms with Crippen LogP contribution in [0.2, 0.25) is 5.02 Å². The van der Waals surface area contributed by atoms with Crippen LogP contribution in [0.15, 0.2) is 36.4 Å². The van der Waals surface area contributed by atoms with Crippen molar-refractivity contribution in [2.75, 3.05) is 27.4 Å². The smallest absolute Gasteiger partial charge is 0.313 e. The van der Waals surface area contributed by atoms with Gasteiger partial charge in [-0.25, -0.2) is 0 Å². The molecule has 2 rings (SSSR count). The van der Waals surface area contributed by atoms with Crippen molar-refractivity contribution in [2.24, 2.45) is 0 Å². The first kappa shape index (κ1) is 22.4. The van der Waals surface area contributed by atoms with Crippen LogP contribution in [-0.4, -0.2) is 49.4 Å². The number of methoxy groups -OCH3 is 2. The molecule has 2 N–H and O–H groups in total. The van der Waals surface area contributed by atoms with Gasteiger partial charge in [0.05, 0.1) is 24.7 Å². The number of aliphatic hydroxyl groups is 1. The van der Waals surface area contributed by atoms with Crippen molar-refractivity contribution < 1.29 is 29.0 Å². The summed E-state index contributed by atoms with van der Waals surface area (Å²) in [5.41, 5.74) is -0.00775. The lowest BCUT2D eigenvalue weighted by atomic mass is 10.1. The Morgan fingerprint density at radius 2 is 1.93 bits per heavy atom. The third kappa shape index (κ3) is 6.05. The number of nitrogens with zero attached hydrogens (tertiary/aromatic N) is 1. The standard InChI is InChI=1S/C19H21ClN2O7/c1-27-11-14(7-8-23)21-19(24)12-3-5-17(18(9-12)28-2)29-16-6-4-13(20)10-15(16)22(25)26/h3-6,9-10,14,23H,7-8,11H2,1-2H3,(H,21,24)/t14-/m0/s1. The molecule has 1 atom stereocenters. The molecule has 10 heteroatoms. The van der Waals surface area contributed by atoms with E-state index in [1.807, 2.05) is 0 Å². The van der Waals surface area contributed by atoms with Crippen molar-refractivity contribution in [3.8, 4) is 17.2 Å². The average molecular weight is 425 g/mol. The fourth-order valence-corrected chi connectivity index (χ4v) is 2.72. The number of nitro groups is 1. The van der Waals surface area contributed by atoms with Gasteiger partial charge in [-0.15, -0.1) is 0 Å². The second kappa shape index (κ2) is 10.6. The number of rotatable bonds is 10. The molecule has 9 nitrogen and oxygen atoms in total. The highest BCUT2D eigenvalue weighted by atomic mass is 35.5. The molecule has 1 amide bonds. The molecular formula is C19H21ClN2O7. The van der Waals surface area contributed by atoms with E-state index in [1.165, 1.54) is 50.6 Å². The molecule has 0 aliphatic rings. The topological polar surface area (TPSA) is 120 Å². The maximum Gasteiger partial charge on any atom is 0.313 e. The van der Waals surface area contributed by atoms with Crippen LogP contribution in [-0.2, 0) is 4.74 Å². The monoisotopic (exact) mass is 424 g/mol. The molecule has 0 bridgehead atoms. The van der Waals surface area contributed by atoms with Gasteiger partial charge in [0.25, 0.3) is 5.91 Å². The summed E-state index contributed by atoms with van der Waals surface area (Å²) < 4.78 is 15.9. The Balaban J connectivity index is 2.25. The van der Waals surface area contributed by atoms with Crippen molar-refractivity contribution in [2.45, 2.75) is 12.5 Å². The minimum Gasteiger partial charge on any atom is -0.493 e. The molecule has 29 heavy (non-hydrogen) atoms. The largest absolute Gasteiger partial charge is 0.493 e. The molecule has 0 saturated heterocycles. The summed E-state index contributed by atoms with van der Waals surface area (Å²) in [5, 5.41) is 23.3. The number of aliphatic hydroxyl groups excluding tert-OH is 1. The van der Waals surface area contributed by atoms with E-state index in [4.69, 9.17) is 30.9 Å². The highest BCUT2D eigenvalue weighted by molar-refractivity contribution is 6.30. The minimum absolute atomic E-state index is 0.0157. The van der Waals surface area contributed by atoms with Gasteiger partial charge in [-0.05, 0) is 36.8 Å². The lowest BCUT2D eigenvalue weighted by Crippen LogP contribution is -2.38. The first-order valence-electron chi connectivity index (χ1n) is 8.60. The van der Waals surface area contributed by atoms with E-state index in [0.29, 0.717) is 12.0 Å². The number of nitrogens with one attached hydrogen (secondary N) is 1. The summed E-state index contributed by atoms with van der Waals surface area (Å²) in [6.07, 6.45) is 0.345. The van der Waals surface area contributed by atoms with E-state index in [0.717, 1.165) is 0 Å². The molecule has 0 radical (unpaired) electrons. The van der Waals surface area contributed by atoms with Crippen molar-refractivity contribution in [1.29, 1.82) is 0 Å². The van der Waals surface area contributed by atoms with Crippen LogP contribution in [0.5, 0.6) is 17.2 Å². The van der Waals surface area contributed by atoms with Gasteiger partial charge >= 0.3 is 5.69 Å². The Hall–Kier alpha value is -2.88. The Bertz CT molecular complexity index is 870. The van der Waals surface area contributed by atoms with Crippen LogP contribution in [0.4, 0.5) is 5.69 Å². The van der Waals surface area contributed by atoms with Crippen LogP contribution in [0.3, 0.4) is 0 Å². The summed E-state index contributed by atoms with van der Waals surface area (Å²) in [6, 6.07) is 8.11. The van der Waals surface area contributed by atoms with Gasteiger partial charge in [0.2, 0.25) is 5.75 Å². The molecule has 0 saturated carbocycles. The predicted molar refractivity (Wildman–Crippen MR) is 106 cm³/mol. The average Bonchev–Trinajstić information content (AvgIpc) is 2.69. The summed E-state index contributed by atoms with van der Waals surface area (Å²) >= 11 is 5.81. The number of ether oxygens (including phenoxy) is 3. The zero-order valence-electron chi connectivity index (χ0n) is 15.9. The number of hydrogen-bond acceptors (Lipinski definition) is 7. The Morgan fingerprint density at radius 3 is 2.55 bits per heavy atom. The predicted octanol–water partition coefficient (Wildman–Crippen LogP) is 3.18. The van der Waals surface area contributed by atoms with E-state index in [2.05, 4.69) is 5.32 Å². The normalized spacial score (nSPS) is 11.6. The maximum atomic E-state index is 12.5. The fraction of sp³-hybridized carbons (Fsp3) is 0.316. The molecule has 0 spiro atoms. The first-order chi connectivity index (χ1) is 13.9. The molecule has 0 aromatic heterocycles. The van der Waals surface area contributed by atoms with Crippen LogP contribution in [0.25, 0.3) is 0 Å². The molecule has 0 unspecified atom stereocenters. The van der Waals surface area contributed by atoms with Crippen LogP contribution in [0, 0.1) is 10.1 Å². The van der Waals surface area contributed by atoms with Crippen LogP contribution >= 0.6 is 11.6 Å². The zero-order valence-corrected chi connectivity index (χ0v) is 16.6. The highest BCUT2D eigenvalue weighted by Crippen LogP contribution is 2.37. The minimum atomic E-state index is -0.605. The number of amides is 1. The van der Waals surface area contributed by atoms with Gasteiger partial charge in [-0.3, -0.25) is 14.9 Å². The molecule has 0 aliphatic heterocycles. The summed E-state index contributed by atoms with van der Waals surface area (Å²) in [4.78, 5) is 23.1. The van der Waals surface area contributed by atoms with Crippen molar-refractivity contribution >= 4 is 23.2 Å². The second-order valence-electron chi connectivity index (χ2n) is 5.97. The second-order valence-corrected chi connectivity index (χ2v) is 6.41. The van der Waals surface area contributed by atoms with Crippen molar-refractivity contribution in [1.82, 2.24) is 5.32 Å². The third-order valence-corrected chi connectivity index (χ3v) is 4.18. The number of carbonyl (C=O) groups excluding carboxylic acids is 1. The van der Waals surface area contributed by atoms with Gasteiger partial charge in [0.15, 0.2) is 11.5 Å². The lowest BCUT2D eigenvalue weighted by molar-refractivity contribution is -0.385. The van der Waals surface area contributed by atoms with E-state index in [1.54, 1.807) is 0 Å².